The maximum absolute atomic E-state index is 12.3. The average molecular weight is 377 g/mol. The second kappa shape index (κ2) is 7.09. The number of nitrogens with two attached hydrogens (primary N) is 1. The Labute approximate surface area is 134 Å². The third-order valence-corrected chi connectivity index (χ3v) is 5.92. The topological polar surface area (TPSA) is 81.4 Å². The Bertz CT molecular complexity index is 598. The van der Waals surface area contributed by atoms with Crippen molar-refractivity contribution in [2.75, 3.05) is 18.9 Å². The first-order valence-corrected chi connectivity index (χ1v) is 9.34. The van der Waals surface area contributed by atoms with Crippen LogP contribution in [0.1, 0.15) is 31.2 Å². The lowest BCUT2D eigenvalue weighted by Crippen LogP contribution is -2.29. The van der Waals surface area contributed by atoms with Crippen molar-refractivity contribution in [3.8, 4) is 0 Å². The third-order valence-electron chi connectivity index (χ3n) is 3.63. The summed E-state index contributed by atoms with van der Waals surface area (Å²) in [7, 11) is -3.56. The predicted octanol–water partition coefficient (Wildman–Crippen LogP) is 2.58. The highest BCUT2D eigenvalue weighted by Crippen LogP contribution is 2.26. The fraction of sp³-hybridized carbons (Fsp3) is 0.571. The number of hydrogen-bond acceptors (Lipinski definition) is 4. The molecule has 0 amide bonds. The van der Waals surface area contributed by atoms with E-state index in [9.17, 15) is 8.42 Å². The molecule has 0 atom stereocenters. The second-order valence-electron chi connectivity index (χ2n) is 5.31. The molecule has 0 aliphatic heterocycles. The van der Waals surface area contributed by atoms with Gasteiger partial charge in [0.15, 0.2) is 0 Å². The van der Waals surface area contributed by atoms with Crippen LogP contribution in [0, 0.1) is 6.92 Å². The van der Waals surface area contributed by atoms with E-state index in [1.807, 2.05) is 0 Å². The average Bonchev–Trinajstić information content (AvgIpc) is 2.92. The van der Waals surface area contributed by atoms with E-state index in [4.69, 9.17) is 10.5 Å². The number of nitrogens with one attached hydrogen (secondary N) is 1. The molecule has 7 heteroatoms. The monoisotopic (exact) mass is 376 g/mol. The molecule has 1 saturated carbocycles. The fourth-order valence-electron chi connectivity index (χ4n) is 2.49. The van der Waals surface area contributed by atoms with Gasteiger partial charge in [-0.1, -0.05) is 12.8 Å². The number of hydrogen-bond donors (Lipinski definition) is 2. The van der Waals surface area contributed by atoms with Crippen LogP contribution < -0.4 is 10.5 Å². The van der Waals surface area contributed by atoms with Crippen LogP contribution in [0.5, 0.6) is 0 Å². The van der Waals surface area contributed by atoms with Gasteiger partial charge < -0.3 is 10.5 Å². The Hall–Kier alpha value is -0.630. The first kappa shape index (κ1) is 16.7. The molecule has 0 radical (unpaired) electrons. The Morgan fingerprint density at radius 2 is 2.05 bits per heavy atom. The Morgan fingerprint density at radius 3 is 2.71 bits per heavy atom. The van der Waals surface area contributed by atoms with Gasteiger partial charge in [-0.25, -0.2) is 13.1 Å². The molecule has 21 heavy (non-hydrogen) atoms. The van der Waals surface area contributed by atoms with Gasteiger partial charge in [-0.2, -0.15) is 0 Å². The molecule has 1 aromatic carbocycles. The smallest absolute Gasteiger partial charge is 0.240 e. The summed E-state index contributed by atoms with van der Waals surface area (Å²) in [6.45, 7) is 2.41. The molecule has 1 aliphatic carbocycles. The molecule has 0 heterocycles. The molecular formula is C14H21BrN2O3S. The van der Waals surface area contributed by atoms with Crippen molar-refractivity contribution in [1.82, 2.24) is 4.72 Å². The molecule has 2 rings (SSSR count). The van der Waals surface area contributed by atoms with E-state index in [1.54, 1.807) is 13.0 Å². The molecular weight excluding hydrogens is 356 g/mol. The summed E-state index contributed by atoms with van der Waals surface area (Å²) in [5, 5.41) is 0. The van der Waals surface area contributed by atoms with E-state index in [0.29, 0.717) is 28.4 Å². The minimum absolute atomic E-state index is 0.212. The maximum Gasteiger partial charge on any atom is 0.240 e. The standard InChI is InChI=1S/C14H21BrN2O3S/c1-10-8-12(15)13(16)9-14(10)21(18,19)17-6-7-20-11-4-2-3-5-11/h8-9,11,17H,2-7,16H2,1H3. The number of nitrogen functional groups attached to an aromatic ring is 1. The Morgan fingerprint density at radius 1 is 1.38 bits per heavy atom. The number of aryl methyl sites for hydroxylation is 1. The molecule has 0 aromatic heterocycles. The number of ether oxygens (including phenoxy) is 1. The van der Waals surface area contributed by atoms with Crippen molar-refractivity contribution in [2.24, 2.45) is 0 Å². The van der Waals surface area contributed by atoms with E-state index in [1.165, 1.54) is 18.9 Å². The summed E-state index contributed by atoms with van der Waals surface area (Å²) < 4.78 is 33.5. The van der Waals surface area contributed by atoms with Crippen molar-refractivity contribution in [2.45, 2.75) is 43.6 Å². The maximum atomic E-state index is 12.3. The lowest BCUT2D eigenvalue weighted by molar-refractivity contribution is 0.0626. The van der Waals surface area contributed by atoms with Gasteiger partial charge in [-0.15, -0.1) is 0 Å². The Kier molecular flexibility index (Phi) is 5.65. The first-order chi connectivity index (χ1) is 9.90. The number of sulfonamides is 1. The summed E-state index contributed by atoms with van der Waals surface area (Å²) in [5.74, 6) is 0. The molecule has 1 aromatic rings. The number of rotatable bonds is 6. The minimum atomic E-state index is -3.56. The number of halogens is 1. The molecule has 0 unspecified atom stereocenters. The van der Waals surface area contributed by atoms with Crippen molar-refractivity contribution < 1.29 is 13.2 Å². The van der Waals surface area contributed by atoms with E-state index in [0.717, 1.165) is 12.8 Å². The van der Waals surface area contributed by atoms with Crippen LogP contribution in [-0.4, -0.2) is 27.7 Å². The molecule has 0 saturated heterocycles. The van der Waals surface area contributed by atoms with Crippen LogP contribution in [0.15, 0.2) is 21.5 Å². The third kappa shape index (κ3) is 4.42. The molecule has 5 nitrogen and oxygen atoms in total. The summed E-state index contributed by atoms with van der Waals surface area (Å²) in [5.41, 5.74) is 6.82. The lowest BCUT2D eigenvalue weighted by atomic mass is 10.2. The van der Waals surface area contributed by atoms with Gasteiger partial charge in [0.2, 0.25) is 10.0 Å². The van der Waals surface area contributed by atoms with Crippen LogP contribution in [0.4, 0.5) is 5.69 Å². The molecule has 1 aliphatic rings. The molecule has 118 valence electrons. The van der Waals surface area contributed by atoms with Gasteiger partial charge >= 0.3 is 0 Å². The normalized spacial score (nSPS) is 16.5. The molecule has 0 spiro atoms. The van der Waals surface area contributed by atoms with Gasteiger partial charge in [-0.3, -0.25) is 0 Å². The highest BCUT2D eigenvalue weighted by molar-refractivity contribution is 9.10. The van der Waals surface area contributed by atoms with Crippen molar-refractivity contribution in [1.29, 1.82) is 0 Å². The highest BCUT2D eigenvalue weighted by Gasteiger charge is 2.19. The van der Waals surface area contributed by atoms with E-state index in [-0.39, 0.29) is 11.4 Å². The van der Waals surface area contributed by atoms with Crippen LogP contribution in [0.25, 0.3) is 0 Å². The summed E-state index contributed by atoms with van der Waals surface area (Å²) >= 11 is 3.29. The lowest BCUT2D eigenvalue weighted by Gasteiger charge is -2.13. The van der Waals surface area contributed by atoms with Crippen LogP contribution in [0.3, 0.4) is 0 Å². The van der Waals surface area contributed by atoms with E-state index >= 15 is 0 Å². The van der Waals surface area contributed by atoms with Crippen molar-refractivity contribution >= 4 is 31.6 Å². The van der Waals surface area contributed by atoms with Crippen molar-refractivity contribution in [3.63, 3.8) is 0 Å². The van der Waals surface area contributed by atoms with E-state index in [2.05, 4.69) is 20.7 Å². The van der Waals surface area contributed by atoms with E-state index < -0.39 is 10.0 Å². The first-order valence-electron chi connectivity index (χ1n) is 7.07. The zero-order valence-corrected chi connectivity index (χ0v) is 14.5. The van der Waals surface area contributed by atoms with Gasteiger partial charge in [0.05, 0.1) is 17.6 Å². The summed E-state index contributed by atoms with van der Waals surface area (Å²) in [6, 6.07) is 3.18. The quantitative estimate of drug-likeness (QED) is 0.590. The number of anilines is 1. The molecule has 3 N–H and O–H groups in total. The van der Waals surface area contributed by atoms with Crippen LogP contribution >= 0.6 is 15.9 Å². The van der Waals surface area contributed by atoms with Gasteiger partial charge in [0, 0.05) is 16.7 Å². The van der Waals surface area contributed by atoms with Gasteiger partial charge in [0.1, 0.15) is 0 Å². The number of benzene rings is 1. The zero-order valence-electron chi connectivity index (χ0n) is 12.1. The van der Waals surface area contributed by atoms with Gasteiger partial charge in [0.25, 0.3) is 0 Å². The Balaban J connectivity index is 1.93. The highest BCUT2D eigenvalue weighted by atomic mass is 79.9. The van der Waals surface area contributed by atoms with Crippen LogP contribution in [-0.2, 0) is 14.8 Å². The molecule has 1 fully saturated rings. The van der Waals surface area contributed by atoms with Gasteiger partial charge in [-0.05, 0) is 53.4 Å². The van der Waals surface area contributed by atoms with Crippen molar-refractivity contribution in [3.05, 3.63) is 22.2 Å². The predicted molar refractivity (Wildman–Crippen MR) is 86.7 cm³/mol. The largest absolute Gasteiger partial charge is 0.398 e. The van der Waals surface area contributed by atoms with Crippen LogP contribution in [0.2, 0.25) is 0 Å². The summed E-state index contributed by atoms with van der Waals surface area (Å²) in [4.78, 5) is 0.212. The molecule has 0 bridgehead atoms. The summed E-state index contributed by atoms with van der Waals surface area (Å²) in [6.07, 6.45) is 4.85. The zero-order chi connectivity index (χ0) is 15.5. The SMILES string of the molecule is Cc1cc(Br)c(N)cc1S(=O)(=O)NCCOC1CCCC1. The fourth-order valence-corrected chi connectivity index (χ4v) is 4.22. The minimum Gasteiger partial charge on any atom is -0.398 e. The second-order valence-corrected chi connectivity index (χ2v) is 7.90.